The Balaban J connectivity index is 3.19. The van der Waals surface area contributed by atoms with E-state index in [1.54, 1.807) is 12.1 Å². The van der Waals surface area contributed by atoms with E-state index in [0.717, 1.165) is 0 Å². The topological polar surface area (TPSA) is 92.4 Å². The fraction of sp³-hybridized carbons (Fsp3) is 0. The maximum atomic E-state index is 10.8. The van der Waals surface area contributed by atoms with Crippen LogP contribution < -0.4 is 11.0 Å². The molecular weight excluding hydrogens is 287 g/mol. The maximum Gasteiger partial charge on any atom is 0.341 e. The van der Waals surface area contributed by atoms with Crippen LogP contribution in [0.3, 0.4) is 0 Å². The van der Waals surface area contributed by atoms with Crippen molar-refractivity contribution >= 4 is 34.2 Å². The van der Waals surface area contributed by atoms with Crippen LogP contribution >= 0.6 is 22.6 Å². The van der Waals surface area contributed by atoms with Crippen molar-refractivity contribution in [3.8, 4) is 0 Å². The van der Waals surface area contributed by atoms with E-state index in [-0.39, 0.29) is 11.6 Å². The zero-order valence-corrected chi connectivity index (χ0v) is 8.74. The van der Waals surface area contributed by atoms with E-state index in [1.807, 2.05) is 22.6 Å². The number of halogens is 1. The van der Waals surface area contributed by atoms with Crippen molar-refractivity contribution in [1.82, 2.24) is 0 Å². The van der Waals surface area contributed by atoms with Crippen LogP contribution in [0, 0.1) is 8.78 Å². The molecular formula is C7H8IN2O3+. The molecule has 1 unspecified atom stereocenters. The van der Waals surface area contributed by atoms with Crippen molar-refractivity contribution in [3.05, 3.63) is 32.5 Å². The standard InChI is InChI=1S/C7H7IN2O3/c8-5-2-1-4(7(9)11)3-6(5)10(12)13/h1-3,10,12H,(H2,9,11)/p+1. The molecule has 1 aromatic carbocycles. The van der Waals surface area contributed by atoms with Crippen molar-refractivity contribution < 1.29 is 21.0 Å². The lowest BCUT2D eigenvalue weighted by Crippen LogP contribution is -2.99. The zero-order valence-electron chi connectivity index (χ0n) is 6.58. The number of carbonyl (C=O) groups excluding carboxylic acids is 1. The van der Waals surface area contributed by atoms with Gasteiger partial charge in [0.1, 0.15) is 0 Å². The van der Waals surface area contributed by atoms with Crippen LogP contribution in [0.2, 0.25) is 0 Å². The summed E-state index contributed by atoms with van der Waals surface area (Å²) in [5.74, 6) is -0.376. The van der Waals surface area contributed by atoms with E-state index < -0.39 is 5.23 Å². The van der Waals surface area contributed by atoms with E-state index >= 15 is 0 Å². The molecule has 0 heterocycles. The summed E-state index contributed by atoms with van der Waals surface area (Å²) in [6.45, 7) is 0. The second-order valence-electron chi connectivity index (χ2n) is 2.42. The van der Waals surface area contributed by atoms with Crippen LogP contribution in [0.15, 0.2) is 18.2 Å². The van der Waals surface area contributed by atoms with E-state index in [1.165, 1.54) is 6.07 Å². The van der Waals surface area contributed by atoms with Gasteiger partial charge in [0.05, 0.1) is 9.13 Å². The second kappa shape index (κ2) is 4.11. The van der Waals surface area contributed by atoms with Gasteiger partial charge in [-0.1, -0.05) is 0 Å². The minimum absolute atomic E-state index is 0.134. The van der Waals surface area contributed by atoms with Crippen molar-refractivity contribution in [2.45, 2.75) is 0 Å². The Morgan fingerprint density at radius 2 is 2.23 bits per heavy atom. The summed E-state index contributed by atoms with van der Waals surface area (Å²) in [5.41, 5.74) is 3.66. The first-order valence-electron chi connectivity index (χ1n) is 3.41. The highest BCUT2D eigenvalue weighted by Gasteiger charge is 2.11. The van der Waals surface area contributed by atoms with Gasteiger partial charge in [-0.25, -0.2) is 10.0 Å². The smallest absolute Gasteiger partial charge is 0.341 e. The third kappa shape index (κ3) is 2.45. The Kier molecular flexibility index (Phi) is 3.33. The first-order chi connectivity index (χ1) is 6.02. The normalized spacial score (nSPS) is 12.6. The molecule has 5 N–H and O–H groups in total. The van der Waals surface area contributed by atoms with Crippen LogP contribution in [0.1, 0.15) is 10.4 Å². The molecule has 0 spiro atoms. The third-order valence-electron chi connectivity index (χ3n) is 1.52. The first-order valence-corrected chi connectivity index (χ1v) is 4.49. The Morgan fingerprint density at radius 3 is 2.69 bits per heavy atom. The molecule has 0 bridgehead atoms. The molecule has 13 heavy (non-hydrogen) atoms. The molecule has 1 rings (SSSR count). The molecule has 0 fully saturated rings. The van der Waals surface area contributed by atoms with Crippen molar-refractivity contribution in [2.24, 2.45) is 0 Å². The largest absolute Gasteiger partial charge is 0.595 e. The van der Waals surface area contributed by atoms with E-state index in [9.17, 15) is 10.0 Å². The SMILES string of the molecule is [NH3+]C(=O)c1ccc(I)c([NH+]([O-])O)c1. The fourth-order valence-electron chi connectivity index (χ4n) is 0.863. The number of nitrogens with one attached hydrogen (secondary N) is 1. The summed E-state index contributed by atoms with van der Waals surface area (Å²) in [5, 5.41) is 18.4. The van der Waals surface area contributed by atoms with Crippen LogP contribution in [0.5, 0.6) is 0 Å². The summed E-state index contributed by atoms with van der Waals surface area (Å²) in [7, 11) is 0. The van der Waals surface area contributed by atoms with Gasteiger partial charge in [-0.2, -0.15) is 5.23 Å². The molecule has 0 aliphatic heterocycles. The number of hydrogen-bond donors (Lipinski definition) is 3. The highest BCUT2D eigenvalue weighted by atomic mass is 127. The molecule has 1 aromatic rings. The predicted molar refractivity (Wildman–Crippen MR) is 52.2 cm³/mol. The molecule has 0 radical (unpaired) electrons. The van der Waals surface area contributed by atoms with Crippen molar-refractivity contribution in [2.75, 3.05) is 0 Å². The summed E-state index contributed by atoms with van der Waals surface area (Å²) in [6.07, 6.45) is 0. The number of hydrogen-bond acceptors (Lipinski definition) is 3. The first kappa shape index (κ1) is 10.5. The Hall–Kier alpha value is -0.540. The molecule has 5 nitrogen and oxygen atoms in total. The van der Waals surface area contributed by atoms with E-state index in [2.05, 4.69) is 5.73 Å². The predicted octanol–water partition coefficient (Wildman–Crippen LogP) is -0.923. The Labute approximate surface area is 87.8 Å². The van der Waals surface area contributed by atoms with Gasteiger partial charge >= 0.3 is 5.91 Å². The molecule has 70 valence electrons. The van der Waals surface area contributed by atoms with Gasteiger partial charge < -0.3 is 5.21 Å². The van der Waals surface area contributed by atoms with Crippen molar-refractivity contribution in [1.29, 1.82) is 0 Å². The molecule has 0 aromatic heterocycles. The molecule has 6 heteroatoms. The molecule has 0 saturated heterocycles. The number of amides is 1. The van der Waals surface area contributed by atoms with Gasteiger partial charge in [-0.3, -0.25) is 5.73 Å². The summed E-state index contributed by atoms with van der Waals surface area (Å²) in [6, 6.07) is 4.48. The number of rotatable bonds is 2. The highest BCUT2D eigenvalue weighted by molar-refractivity contribution is 14.1. The van der Waals surface area contributed by atoms with Gasteiger partial charge in [-0.15, -0.1) is 0 Å². The fourth-order valence-corrected chi connectivity index (χ4v) is 1.43. The minimum atomic E-state index is -1.03. The van der Waals surface area contributed by atoms with Crippen LogP contribution in [-0.4, -0.2) is 11.1 Å². The van der Waals surface area contributed by atoms with Crippen LogP contribution in [0.25, 0.3) is 0 Å². The molecule has 1 amide bonds. The Morgan fingerprint density at radius 1 is 1.62 bits per heavy atom. The van der Waals surface area contributed by atoms with Crippen LogP contribution in [-0.2, 0) is 0 Å². The number of quaternary nitrogens is 2. The lowest BCUT2D eigenvalue weighted by Gasteiger charge is -2.12. The monoisotopic (exact) mass is 295 g/mol. The maximum absolute atomic E-state index is 10.8. The molecule has 0 aliphatic carbocycles. The highest BCUT2D eigenvalue weighted by Crippen LogP contribution is 2.15. The van der Waals surface area contributed by atoms with Gasteiger partial charge in [0.2, 0.25) is 0 Å². The second-order valence-corrected chi connectivity index (χ2v) is 3.59. The minimum Gasteiger partial charge on any atom is -0.595 e. The summed E-state index contributed by atoms with van der Waals surface area (Å²) in [4.78, 5) is 10.8. The van der Waals surface area contributed by atoms with Crippen molar-refractivity contribution in [3.63, 3.8) is 0 Å². The third-order valence-corrected chi connectivity index (χ3v) is 2.46. The molecule has 0 saturated carbocycles. The quantitative estimate of drug-likeness (QED) is 0.486. The van der Waals surface area contributed by atoms with E-state index in [4.69, 9.17) is 5.21 Å². The average Bonchev–Trinajstić information content (AvgIpc) is 2.04. The van der Waals surface area contributed by atoms with Gasteiger partial charge in [0.15, 0.2) is 5.69 Å². The Bertz CT molecular complexity index is 341. The van der Waals surface area contributed by atoms with Gasteiger partial charge in [-0.05, 0) is 34.7 Å². The molecule has 1 atom stereocenters. The summed E-state index contributed by atoms with van der Waals surface area (Å²) >= 11 is 1.90. The summed E-state index contributed by atoms with van der Waals surface area (Å²) < 4.78 is 0.607. The van der Waals surface area contributed by atoms with E-state index in [0.29, 0.717) is 9.13 Å². The van der Waals surface area contributed by atoms with Gasteiger partial charge in [0.25, 0.3) is 0 Å². The number of benzene rings is 1. The lowest BCUT2D eigenvalue weighted by molar-refractivity contribution is -0.991. The van der Waals surface area contributed by atoms with Crippen LogP contribution in [0.4, 0.5) is 5.69 Å². The van der Waals surface area contributed by atoms with Gasteiger partial charge in [0, 0.05) is 6.07 Å². The molecule has 0 aliphatic rings. The average molecular weight is 295 g/mol. The zero-order chi connectivity index (χ0) is 10.0. The lowest BCUT2D eigenvalue weighted by atomic mass is 10.2. The number of carbonyl (C=O) groups is 1.